The lowest BCUT2D eigenvalue weighted by atomic mass is 10.1. The van der Waals surface area contributed by atoms with Crippen molar-refractivity contribution in [3.8, 4) is 5.88 Å². The summed E-state index contributed by atoms with van der Waals surface area (Å²) in [5.41, 5.74) is 2.22. The molecule has 2 aromatic rings. The van der Waals surface area contributed by atoms with Gasteiger partial charge in [-0.3, -0.25) is 9.56 Å². The highest BCUT2D eigenvalue weighted by atomic mass is 32.1. The molecule has 0 radical (unpaired) electrons. The molecule has 1 aliphatic rings. The van der Waals surface area contributed by atoms with Gasteiger partial charge in [0, 0.05) is 24.4 Å². The zero-order chi connectivity index (χ0) is 13.6. The highest BCUT2D eigenvalue weighted by Gasteiger charge is 2.15. The Balaban J connectivity index is 2.13. The van der Waals surface area contributed by atoms with Gasteiger partial charge in [0.15, 0.2) is 3.95 Å². The number of aromatic nitrogens is 1. The van der Waals surface area contributed by atoms with E-state index in [-0.39, 0.29) is 11.7 Å². The van der Waals surface area contributed by atoms with Crippen LogP contribution >= 0.6 is 23.6 Å². The molecule has 3 nitrogen and oxygen atoms in total. The van der Waals surface area contributed by atoms with Crippen LogP contribution in [0.2, 0.25) is 0 Å². The average Bonchev–Trinajstić information content (AvgIpc) is 2.88. The zero-order valence-corrected chi connectivity index (χ0v) is 11.6. The number of aliphatic imine (C=N–C) groups is 1. The highest BCUT2D eigenvalue weighted by molar-refractivity contribution is 7.73. The Hall–Kier alpha value is -1.79. The maximum atomic E-state index is 13.3. The van der Waals surface area contributed by atoms with Crippen molar-refractivity contribution in [2.24, 2.45) is 12.0 Å². The Morgan fingerprint density at radius 2 is 2.26 bits per heavy atom. The normalized spacial score (nSPS) is 15.2. The molecule has 2 heterocycles. The smallest absolute Gasteiger partial charge is 0.210 e. The molecule has 0 saturated heterocycles. The van der Waals surface area contributed by atoms with Crippen LogP contribution in [0.5, 0.6) is 5.88 Å². The monoisotopic (exact) mass is 292 g/mol. The van der Waals surface area contributed by atoms with Crippen LogP contribution < -0.4 is 0 Å². The Morgan fingerprint density at radius 3 is 2.95 bits per heavy atom. The quantitative estimate of drug-likeness (QED) is 0.809. The van der Waals surface area contributed by atoms with Gasteiger partial charge in [0.05, 0.1) is 10.6 Å². The maximum Gasteiger partial charge on any atom is 0.210 e. The number of hydrogen-bond acceptors (Lipinski definition) is 4. The standard InChI is InChI=1S/C13H9FN2OS2/c1-16-12(17)11(19-13(16)18)4-7-6-15-10-3-2-8(14)5-9(7)10/h2-6,17H,1H3/b7-4+. The molecule has 0 fully saturated rings. The number of halogens is 1. The molecule has 3 rings (SSSR count). The SMILES string of the molecule is Cn1c(O)c(/C=C2\C=Nc3ccc(F)cc32)sc1=S. The van der Waals surface area contributed by atoms with Crippen LogP contribution in [0.3, 0.4) is 0 Å². The third-order valence-electron chi connectivity index (χ3n) is 2.91. The first-order valence-corrected chi connectivity index (χ1v) is 6.73. The van der Waals surface area contributed by atoms with E-state index in [0.717, 1.165) is 16.8 Å². The number of fused-ring (bicyclic) bond motifs is 1. The molecule has 0 spiro atoms. The molecule has 0 atom stereocenters. The summed E-state index contributed by atoms with van der Waals surface area (Å²) in [7, 11) is 1.70. The molecule has 19 heavy (non-hydrogen) atoms. The molecular weight excluding hydrogens is 283 g/mol. The molecule has 6 heteroatoms. The molecule has 0 bridgehead atoms. The van der Waals surface area contributed by atoms with E-state index in [9.17, 15) is 9.50 Å². The number of rotatable bonds is 1. The van der Waals surface area contributed by atoms with Crippen LogP contribution in [0.15, 0.2) is 23.2 Å². The summed E-state index contributed by atoms with van der Waals surface area (Å²) in [6, 6.07) is 4.45. The number of allylic oxidation sites excluding steroid dienone is 1. The Bertz CT molecular complexity index is 786. The van der Waals surface area contributed by atoms with Crippen LogP contribution in [0.25, 0.3) is 11.6 Å². The van der Waals surface area contributed by atoms with Gasteiger partial charge in [-0.1, -0.05) is 0 Å². The number of aromatic hydroxyl groups is 1. The Labute approximate surface area is 118 Å². The topological polar surface area (TPSA) is 37.5 Å². The minimum atomic E-state index is -0.305. The maximum absolute atomic E-state index is 13.3. The van der Waals surface area contributed by atoms with E-state index < -0.39 is 0 Å². The summed E-state index contributed by atoms with van der Waals surface area (Å²) in [6.07, 6.45) is 3.43. The highest BCUT2D eigenvalue weighted by Crippen LogP contribution is 2.35. The van der Waals surface area contributed by atoms with Crippen molar-refractivity contribution in [3.63, 3.8) is 0 Å². The Morgan fingerprint density at radius 1 is 1.47 bits per heavy atom. The number of benzene rings is 1. The van der Waals surface area contributed by atoms with E-state index in [2.05, 4.69) is 4.99 Å². The number of nitrogens with zero attached hydrogens (tertiary/aromatic N) is 2. The van der Waals surface area contributed by atoms with Gasteiger partial charge in [-0.15, -0.1) is 11.3 Å². The van der Waals surface area contributed by atoms with Crippen molar-refractivity contribution in [2.75, 3.05) is 0 Å². The fourth-order valence-electron chi connectivity index (χ4n) is 1.87. The van der Waals surface area contributed by atoms with Crippen molar-refractivity contribution in [3.05, 3.63) is 38.4 Å². The minimum Gasteiger partial charge on any atom is -0.493 e. The predicted octanol–water partition coefficient (Wildman–Crippen LogP) is 3.92. The van der Waals surface area contributed by atoms with E-state index in [1.165, 1.54) is 28.0 Å². The van der Waals surface area contributed by atoms with Crippen molar-refractivity contribution >= 4 is 47.1 Å². The van der Waals surface area contributed by atoms with Gasteiger partial charge >= 0.3 is 0 Å². The minimum absolute atomic E-state index is 0.112. The summed E-state index contributed by atoms with van der Waals surface area (Å²) >= 11 is 6.40. The van der Waals surface area contributed by atoms with Crippen molar-refractivity contribution < 1.29 is 9.50 Å². The van der Waals surface area contributed by atoms with E-state index in [4.69, 9.17) is 12.2 Å². The lowest BCUT2D eigenvalue weighted by Gasteiger charge is -1.99. The molecule has 0 unspecified atom stereocenters. The second-order valence-corrected chi connectivity index (χ2v) is 5.81. The molecule has 1 aromatic heterocycles. The fraction of sp³-hybridized carbons (Fsp3) is 0.0769. The molecule has 1 aliphatic heterocycles. The molecule has 1 aromatic carbocycles. The van der Waals surface area contributed by atoms with Crippen LogP contribution in [0.1, 0.15) is 10.4 Å². The first kappa shape index (κ1) is 12.3. The van der Waals surface area contributed by atoms with Gasteiger partial charge < -0.3 is 5.11 Å². The third kappa shape index (κ3) is 2.02. The zero-order valence-electron chi connectivity index (χ0n) is 9.92. The predicted molar refractivity (Wildman–Crippen MR) is 78.2 cm³/mol. The second-order valence-electron chi connectivity index (χ2n) is 4.13. The first-order valence-electron chi connectivity index (χ1n) is 5.51. The van der Waals surface area contributed by atoms with Crippen molar-refractivity contribution in [2.45, 2.75) is 0 Å². The summed E-state index contributed by atoms with van der Waals surface area (Å²) in [5, 5.41) is 9.92. The molecule has 0 amide bonds. The van der Waals surface area contributed by atoms with Gasteiger partial charge in [0.25, 0.3) is 0 Å². The fourth-order valence-corrected chi connectivity index (χ4v) is 3.05. The lowest BCUT2D eigenvalue weighted by Crippen LogP contribution is -1.85. The van der Waals surface area contributed by atoms with Gasteiger partial charge in [-0.05, 0) is 36.5 Å². The van der Waals surface area contributed by atoms with E-state index >= 15 is 0 Å². The summed E-state index contributed by atoms with van der Waals surface area (Å²) in [6.45, 7) is 0. The number of thiazole rings is 1. The van der Waals surface area contributed by atoms with E-state index in [1.54, 1.807) is 25.4 Å². The number of hydrogen-bond donors (Lipinski definition) is 1. The Kier molecular flexibility index (Phi) is 2.83. The second kappa shape index (κ2) is 4.40. The average molecular weight is 292 g/mol. The molecule has 96 valence electrons. The lowest BCUT2D eigenvalue weighted by molar-refractivity contribution is 0.430. The van der Waals surface area contributed by atoms with Crippen LogP contribution in [0.4, 0.5) is 10.1 Å². The van der Waals surface area contributed by atoms with Crippen LogP contribution in [-0.4, -0.2) is 15.9 Å². The summed E-state index contributed by atoms with van der Waals surface area (Å²) in [5.74, 6) is -0.194. The summed E-state index contributed by atoms with van der Waals surface area (Å²) in [4.78, 5) is 4.85. The molecule has 1 N–H and O–H groups in total. The summed E-state index contributed by atoms with van der Waals surface area (Å²) < 4.78 is 15.4. The van der Waals surface area contributed by atoms with Gasteiger partial charge in [-0.25, -0.2) is 4.39 Å². The molecule has 0 aliphatic carbocycles. The first-order chi connectivity index (χ1) is 9.06. The van der Waals surface area contributed by atoms with E-state index in [0.29, 0.717) is 8.83 Å². The van der Waals surface area contributed by atoms with Gasteiger partial charge in [0.2, 0.25) is 5.88 Å². The van der Waals surface area contributed by atoms with Gasteiger partial charge in [0.1, 0.15) is 5.82 Å². The molecular formula is C13H9FN2OS2. The van der Waals surface area contributed by atoms with Crippen molar-refractivity contribution in [1.82, 2.24) is 4.57 Å². The van der Waals surface area contributed by atoms with Crippen LogP contribution in [-0.2, 0) is 7.05 Å². The van der Waals surface area contributed by atoms with Crippen LogP contribution in [0, 0.1) is 9.77 Å². The largest absolute Gasteiger partial charge is 0.493 e. The van der Waals surface area contributed by atoms with Gasteiger partial charge in [-0.2, -0.15) is 0 Å². The molecule has 0 saturated carbocycles. The van der Waals surface area contributed by atoms with Crippen molar-refractivity contribution in [1.29, 1.82) is 0 Å². The van der Waals surface area contributed by atoms with E-state index in [1.807, 2.05) is 0 Å². The third-order valence-corrected chi connectivity index (χ3v) is 4.40.